The molecule has 1 aromatic heterocycles. The van der Waals surface area contributed by atoms with E-state index < -0.39 is 4.92 Å². The van der Waals surface area contributed by atoms with Gasteiger partial charge in [-0.3, -0.25) is 14.9 Å². The molecule has 0 aliphatic heterocycles. The summed E-state index contributed by atoms with van der Waals surface area (Å²) in [4.78, 5) is 22.6. The van der Waals surface area contributed by atoms with Crippen molar-refractivity contribution < 1.29 is 14.5 Å². The average Bonchev–Trinajstić information content (AvgIpc) is 3.11. The van der Waals surface area contributed by atoms with Gasteiger partial charge in [-0.1, -0.05) is 29.4 Å². The van der Waals surface area contributed by atoms with Crippen LogP contribution in [0.15, 0.2) is 41.6 Å². The summed E-state index contributed by atoms with van der Waals surface area (Å²) < 4.78 is 7.79. The number of hydrogen-bond donors (Lipinski definition) is 1. The maximum absolute atomic E-state index is 12.3. The third-order valence-corrected chi connectivity index (χ3v) is 6.24. The van der Waals surface area contributed by atoms with Crippen LogP contribution in [0.3, 0.4) is 0 Å². The minimum absolute atomic E-state index is 0.0689. The standard InChI is InChI=1S/C21H22ClN5O4S/c1-12-8-17(9-13(2)19(12)22)31-14(3)20-24-25-21(26(20)4)32-11-18(28)23-15-6-5-7-16(10-15)27(29)30/h5-10,14H,11H2,1-4H3,(H,23,28). The maximum Gasteiger partial charge on any atom is 0.271 e. The predicted molar refractivity (Wildman–Crippen MR) is 123 cm³/mol. The summed E-state index contributed by atoms with van der Waals surface area (Å²) in [5.74, 6) is 1.05. The van der Waals surface area contributed by atoms with E-state index in [1.165, 1.54) is 30.0 Å². The lowest BCUT2D eigenvalue weighted by Gasteiger charge is -2.16. The monoisotopic (exact) mass is 475 g/mol. The van der Waals surface area contributed by atoms with Crippen molar-refractivity contribution >= 4 is 40.6 Å². The van der Waals surface area contributed by atoms with Gasteiger partial charge in [0.15, 0.2) is 17.1 Å². The minimum Gasteiger partial charge on any atom is -0.483 e. The first-order valence-electron chi connectivity index (χ1n) is 9.65. The number of aromatic nitrogens is 3. The number of nitro groups is 1. The van der Waals surface area contributed by atoms with E-state index in [1.54, 1.807) is 17.7 Å². The number of thioether (sulfide) groups is 1. The first-order valence-corrected chi connectivity index (χ1v) is 11.0. The number of hydrogen-bond acceptors (Lipinski definition) is 7. The number of aryl methyl sites for hydroxylation is 2. The smallest absolute Gasteiger partial charge is 0.271 e. The van der Waals surface area contributed by atoms with E-state index in [1.807, 2.05) is 32.9 Å². The van der Waals surface area contributed by atoms with Crippen LogP contribution in [0.2, 0.25) is 5.02 Å². The Morgan fingerprint density at radius 1 is 1.28 bits per heavy atom. The van der Waals surface area contributed by atoms with Crippen molar-refractivity contribution in [2.45, 2.75) is 32.0 Å². The number of non-ortho nitro benzene ring substituents is 1. The zero-order valence-corrected chi connectivity index (χ0v) is 19.5. The van der Waals surface area contributed by atoms with Crippen LogP contribution in [0.5, 0.6) is 5.75 Å². The molecule has 1 heterocycles. The molecular formula is C21H22ClN5O4S. The highest BCUT2D eigenvalue weighted by atomic mass is 35.5. The molecule has 0 bridgehead atoms. The van der Waals surface area contributed by atoms with Gasteiger partial charge in [0.05, 0.1) is 10.7 Å². The number of ether oxygens (including phenoxy) is 1. The largest absolute Gasteiger partial charge is 0.483 e. The fourth-order valence-corrected chi connectivity index (χ4v) is 3.89. The molecule has 1 atom stereocenters. The number of nitrogens with zero attached hydrogens (tertiary/aromatic N) is 4. The van der Waals surface area contributed by atoms with Crippen molar-refractivity contribution in [3.8, 4) is 5.75 Å². The zero-order valence-electron chi connectivity index (χ0n) is 18.0. The average molecular weight is 476 g/mol. The Hall–Kier alpha value is -3.11. The van der Waals surface area contributed by atoms with Crippen LogP contribution in [-0.4, -0.2) is 31.3 Å². The van der Waals surface area contributed by atoms with Gasteiger partial charge in [-0.15, -0.1) is 10.2 Å². The second-order valence-electron chi connectivity index (χ2n) is 7.18. The molecule has 32 heavy (non-hydrogen) atoms. The van der Waals surface area contributed by atoms with E-state index >= 15 is 0 Å². The van der Waals surface area contributed by atoms with Crippen LogP contribution >= 0.6 is 23.4 Å². The molecular weight excluding hydrogens is 454 g/mol. The molecule has 0 saturated heterocycles. The normalized spacial score (nSPS) is 11.8. The van der Waals surface area contributed by atoms with Crippen molar-refractivity contribution in [1.82, 2.24) is 14.8 Å². The molecule has 0 spiro atoms. The first kappa shape index (κ1) is 23.6. The van der Waals surface area contributed by atoms with Gasteiger partial charge in [0, 0.05) is 29.9 Å². The summed E-state index contributed by atoms with van der Waals surface area (Å²) in [5, 5.41) is 23.1. The van der Waals surface area contributed by atoms with E-state index in [0.29, 0.717) is 27.4 Å². The molecule has 0 saturated carbocycles. The zero-order chi connectivity index (χ0) is 23.4. The lowest BCUT2D eigenvalue weighted by atomic mass is 10.1. The van der Waals surface area contributed by atoms with Crippen molar-refractivity contribution in [2.75, 3.05) is 11.1 Å². The molecule has 1 amide bonds. The highest BCUT2D eigenvalue weighted by Crippen LogP contribution is 2.29. The van der Waals surface area contributed by atoms with Crippen LogP contribution in [0.25, 0.3) is 0 Å². The lowest BCUT2D eigenvalue weighted by molar-refractivity contribution is -0.384. The molecule has 1 unspecified atom stereocenters. The molecule has 9 nitrogen and oxygen atoms in total. The Bertz CT molecular complexity index is 1140. The number of halogens is 1. The van der Waals surface area contributed by atoms with E-state index in [2.05, 4.69) is 15.5 Å². The van der Waals surface area contributed by atoms with Crippen molar-refractivity contribution in [3.05, 3.63) is 68.5 Å². The van der Waals surface area contributed by atoms with E-state index in [9.17, 15) is 14.9 Å². The number of rotatable bonds is 8. The summed E-state index contributed by atoms with van der Waals surface area (Å²) in [5.41, 5.74) is 2.13. The Morgan fingerprint density at radius 2 is 1.97 bits per heavy atom. The van der Waals surface area contributed by atoms with Gasteiger partial charge < -0.3 is 14.6 Å². The second kappa shape index (κ2) is 10.0. The molecule has 0 aliphatic carbocycles. The Labute approximate surface area is 194 Å². The third kappa shape index (κ3) is 5.57. The summed E-state index contributed by atoms with van der Waals surface area (Å²) in [6.45, 7) is 5.71. The summed E-state index contributed by atoms with van der Waals surface area (Å²) in [6.07, 6.45) is -0.375. The molecule has 1 N–H and O–H groups in total. The minimum atomic E-state index is -0.513. The number of nitrogens with one attached hydrogen (secondary N) is 1. The van der Waals surface area contributed by atoms with Gasteiger partial charge in [0.2, 0.25) is 5.91 Å². The third-order valence-electron chi connectivity index (χ3n) is 4.63. The van der Waals surface area contributed by atoms with Crippen molar-refractivity contribution in [3.63, 3.8) is 0 Å². The van der Waals surface area contributed by atoms with Crippen LogP contribution < -0.4 is 10.1 Å². The van der Waals surface area contributed by atoms with Crippen LogP contribution in [-0.2, 0) is 11.8 Å². The van der Waals surface area contributed by atoms with Gasteiger partial charge in [0.25, 0.3) is 5.69 Å². The van der Waals surface area contributed by atoms with Crippen molar-refractivity contribution in [2.24, 2.45) is 7.05 Å². The fraction of sp³-hybridized carbons (Fsp3) is 0.286. The van der Waals surface area contributed by atoms with Crippen molar-refractivity contribution in [1.29, 1.82) is 0 Å². The Kier molecular flexibility index (Phi) is 7.37. The second-order valence-corrected chi connectivity index (χ2v) is 8.50. The van der Waals surface area contributed by atoms with Gasteiger partial charge in [-0.2, -0.15) is 0 Å². The number of carbonyl (C=O) groups is 1. The predicted octanol–water partition coefficient (Wildman–Crippen LogP) is 4.86. The van der Waals surface area contributed by atoms with E-state index in [0.717, 1.165) is 11.1 Å². The van der Waals surface area contributed by atoms with Crippen LogP contribution in [0.1, 0.15) is 30.0 Å². The Morgan fingerprint density at radius 3 is 2.62 bits per heavy atom. The number of nitro benzene ring substituents is 1. The number of benzene rings is 2. The first-order chi connectivity index (χ1) is 15.2. The van der Waals surface area contributed by atoms with Crippen LogP contribution in [0.4, 0.5) is 11.4 Å². The quantitative estimate of drug-likeness (QED) is 0.281. The number of amides is 1. The van der Waals surface area contributed by atoms with Crippen LogP contribution in [0, 0.1) is 24.0 Å². The van der Waals surface area contributed by atoms with E-state index in [-0.39, 0.29) is 23.5 Å². The van der Waals surface area contributed by atoms with Gasteiger partial charge in [0.1, 0.15) is 5.75 Å². The van der Waals surface area contributed by atoms with E-state index in [4.69, 9.17) is 16.3 Å². The highest BCUT2D eigenvalue weighted by Gasteiger charge is 2.19. The summed E-state index contributed by atoms with van der Waals surface area (Å²) in [6, 6.07) is 9.52. The molecule has 0 aliphatic rings. The Balaban J connectivity index is 1.61. The molecule has 168 valence electrons. The number of carbonyl (C=O) groups excluding carboxylic acids is 1. The SMILES string of the molecule is Cc1cc(OC(C)c2nnc(SCC(=O)Nc3cccc([N+](=O)[O-])c3)n2C)cc(C)c1Cl. The highest BCUT2D eigenvalue weighted by molar-refractivity contribution is 7.99. The molecule has 0 fully saturated rings. The molecule has 3 rings (SSSR count). The molecule has 11 heteroatoms. The maximum atomic E-state index is 12.3. The number of anilines is 1. The molecule has 3 aromatic rings. The summed E-state index contributed by atoms with van der Waals surface area (Å²) in [7, 11) is 1.80. The van der Waals surface area contributed by atoms with Gasteiger partial charge >= 0.3 is 0 Å². The van der Waals surface area contributed by atoms with Gasteiger partial charge in [-0.05, 0) is 50.1 Å². The van der Waals surface area contributed by atoms with Gasteiger partial charge in [-0.25, -0.2) is 0 Å². The lowest BCUT2D eigenvalue weighted by Crippen LogP contribution is -2.15. The molecule has 2 aromatic carbocycles. The summed E-state index contributed by atoms with van der Waals surface area (Å²) >= 11 is 7.42. The molecule has 0 radical (unpaired) electrons. The fourth-order valence-electron chi connectivity index (χ4n) is 3.06. The topological polar surface area (TPSA) is 112 Å².